The molecule has 94 valence electrons. The number of hydrogen-bond donors (Lipinski definition) is 0. The van der Waals surface area contributed by atoms with Crippen molar-refractivity contribution >= 4 is 11.9 Å². The van der Waals surface area contributed by atoms with Gasteiger partial charge in [-0.05, 0) is 13.3 Å². The number of carbonyl (C=O) groups excluding carboxylic acids is 2. The van der Waals surface area contributed by atoms with E-state index in [1.54, 1.807) is 13.0 Å². The van der Waals surface area contributed by atoms with Crippen LogP contribution in [0, 0.1) is 11.3 Å². The highest BCUT2D eigenvalue weighted by Gasteiger charge is 2.19. The molecule has 1 unspecified atom stereocenters. The monoisotopic (exact) mass is 239 g/mol. The van der Waals surface area contributed by atoms with Crippen LogP contribution in [0.5, 0.6) is 0 Å². The highest BCUT2D eigenvalue weighted by molar-refractivity contribution is 5.92. The zero-order valence-corrected chi connectivity index (χ0v) is 10.2. The van der Waals surface area contributed by atoms with Gasteiger partial charge in [-0.3, -0.25) is 4.79 Å². The molecule has 0 aliphatic rings. The van der Waals surface area contributed by atoms with Gasteiger partial charge in [-0.2, -0.15) is 5.26 Å². The Balaban J connectivity index is 4.34. The Labute approximate surface area is 101 Å². The number of nitrogens with zero attached hydrogens (tertiary/aromatic N) is 1. The molecular formula is C12H17NO4. The number of ether oxygens (including phenoxy) is 2. The summed E-state index contributed by atoms with van der Waals surface area (Å²) in [5.41, 5.74) is -0.269. The number of rotatable bonds is 7. The fourth-order valence-corrected chi connectivity index (χ4v) is 1.20. The number of nitriles is 1. The molecule has 0 aliphatic heterocycles. The van der Waals surface area contributed by atoms with Gasteiger partial charge in [-0.25, -0.2) is 4.79 Å². The molecule has 5 heteroatoms. The van der Waals surface area contributed by atoms with Gasteiger partial charge in [0.1, 0.15) is 17.7 Å². The maximum Gasteiger partial charge on any atom is 0.348 e. The molecule has 0 spiro atoms. The van der Waals surface area contributed by atoms with Gasteiger partial charge in [0, 0.05) is 0 Å². The van der Waals surface area contributed by atoms with Crippen LogP contribution in [0.4, 0.5) is 0 Å². The van der Waals surface area contributed by atoms with Crippen molar-refractivity contribution in [3.63, 3.8) is 0 Å². The van der Waals surface area contributed by atoms with E-state index < -0.39 is 18.0 Å². The molecule has 0 aromatic heterocycles. The fourth-order valence-electron chi connectivity index (χ4n) is 1.20. The molecule has 0 aromatic rings. The van der Waals surface area contributed by atoms with E-state index in [9.17, 15) is 9.59 Å². The molecule has 17 heavy (non-hydrogen) atoms. The van der Waals surface area contributed by atoms with Crippen molar-refractivity contribution in [1.82, 2.24) is 0 Å². The lowest BCUT2D eigenvalue weighted by molar-refractivity contribution is -0.152. The predicted molar refractivity (Wildman–Crippen MR) is 60.8 cm³/mol. The van der Waals surface area contributed by atoms with E-state index in [1.807, 2.05) is 6.92 Å². The standard InChI is InChI=1S/C12H17NO4/c1-4-6-10(7-11(14)16-5-2)17-12(15)9(3)8-13/h10H,3-7H2,1-2H3. The Morgan fingerprint density at radius 3 is 2.53 bits per heavy atom. The number of carbonyl (C=O) groups is 2. The third-order valence-electron chi connectivity index (χ3n) is 1.97. The molecule has 0 amide bonds. The molecule has 0 saturated carbocycles. The summed E-state index contributed by atoms with van der Waals surface area (Å²) in [6.07, 6.45) is 0.753. The van der Waals surface area contributed by atoms with E-state index in [-0.39, 0.29) is 18.6 Å². The minimum absolute atomic E-state index is 0.00608. The fraction of sp³-hybridized carbons (Fsp3) is 0.583. The van der Waals surface area contributed by atoms with Crippen LogP contribution >= 0.6 is 0 Å². The third-order valence-corrected chi connectivity index (χ3v) is 1.97. The van der Waals surface area contributed by atoms with Crippen LogP contribution in [-0.2, 0) is 19.1 Å². The summed E-state index contributed by atoms with van der Waals surface area (Å²) >= 11 is 0. The van der Waals surface area contributed by atoms with E-state index in [0.717, 1.165) is 6.42 Å². The minimum Gasteiger partial charge on any atom is -0.466 e. The predicted octanol–water partition coefficient (Wildman–Crippen LogP) is 1.73. The highest BCUT2D eigenvalue weighted by Crippen LogP contribution is 2.10. The molecule has 0 heterocycles. The van der Waals surface area contributed by atoms with Crippen LogP contribution in [0.2, 0.25) is 0 Å². The molecule has 5 nitrogen and oxygen atoms in total. The summed E-state index contributed by atoms with van der Waals surface area (Å²) in [5.74, 6) is -1.20. The average molecular weight is 239 g/mol. The Morgan fingerprint density at radius 2 is 2.06 bits per heavy atom. The first-order chi connectivity index (χ1) is 8.04. The molecule has 0 bridgehead atoms. The van der Waals surface area contributed by atoms with Crippen LogP contribution in [0.25, 0.3) is 0 Å². The van der Waals surface area contributed by atoms with E-state index in [1.165, 1.54) is 0 Å². The summed E-state index contributed by atoms with van der Waals surface area (Å²) in [6, 6.07) is 1.61. The Hall–Kier alpha value is -1.83. The first kappa shape index (κ1) is 15.2. The van der Waals surface area contributed by atoms with Gasteiger partial charge in [0.2, 0.25) is 0 Å². The normalized spacial score (nSPS) is 11.1. The zero-order valence-electron chi connectivity index (χ0n) is 10.2. The van der Waals surface area contributed by atoms with Gasteiger partial charge in [-0.1, -0.05) is 19.9 Å². The van der Waals surface area contributed by atoms with Gasteiger partial charge in [0.15, 0.2) is 0 Å². The van der Waals surface area contributed by atoms with Gasteiger partial charge in [0.25, 0.3) is 0 Å². The lowest BCUT2D eigenvalue weighted by Gasteiger charge is -2.15. The largest absolute Gasteiger partial charge is 0.466 e. The van der Waals surface area contributed by atoms with Crippen LogP contribution in [0.1, 0.15) is 33.1 Å². The minimum atomic E-state index is -0.782. The van der Waals surface area contributed by atoms with Crippen molar-refractivity contribution < 1.29 is 19.1 Å². The molecule has 0 aromatic carbocycles. The topological polar surface area (TPSA) is 76.4 Å². The van der Waals surface area contributed by atoms with Crippen molar-refractivity contribution in [2.75, 3.05) is 6.61 Å². The van der Waals surface area contributed by atoms with Crippen molar-refractivity contribution in [3.05, 3.63) is 12.2 Å². The van der Waals surface area contributed by atoms with Gasteiger partial charge in [0.05, 0.1) is 13.0 Å². The van der Waals surface area contributed by atoms with Crippen molar-refractivity contribution in [2.24, 2.45) is 0 Å². The van der Waals surface area contributed by atoms with Crippen molar-refractivity contribution in [1.29, 1.82) is 5.26 Å². The number of esters is 2. The summed E-state index contributed by atoms with van der Waals surface area (Å²) in [5, 5.41) is 8.47. The molecule has 0 saturated heterocycles. The van der Waals surface area contributed by atoms with Gasteiger partial charge >= 0.3 is 11.9 Å². The SMILES string of the molecule is C=C(C#N)C(=O)OC(CCC)CC(=O)OCC. The first-order valence-corrected chi connectivity index (χ1v) is 5.50. The Kier molecular flexibility index (Phi) is 7.44. The Bertz CT molecular complexity index is 330. The smallest absolute Gasteiger partial charge is 0.348 e. The zero-order chi connectivity index (χ0) is 13.3. The average Bonchev–Trinajstić information content (AvgIpc) is 2.28. The second kappa shape index (κ2) is 8.34. The lowest BCUT2D eigenvalue weighted by atomic mass is 10.1. The summed E-state index contributed by atoms with van der Waals surface area (Å²) in [4.78, 5) is 22.6. The molecule has 0 fully saturated rings. The van der Waals surface area contributed by atoms with Crippen molar-refractivity contribution in [2.45, 2.75) is 39.2 Å². The molecule has 0 rings (SSSR count). The second-order valence-electron chi connectivity index (χ2n) is 3.42. The van der Waals surface area contributed by atoms with E-state index in [4.69, 9.17) is 14.7 Å². The Morgan fingerprint density at radius 1 is 1.41 bits per heavy atom. The van der Waals surface area contributed by atoms with Crippen molar-refractivity contribution in [3.8, 4) is 6.07 Å². The van der Waals surface area contributed by atoms with Crippen LogP contribution < -0.4 is 0 Å². The molecule has 0 aliphatic carbocycles. The molecular weight excluding hydrogens is 222 g/mol. The maximum absolute atomic E-state index is 11.3. The summed E-state index contributed by atoms with van der Waals surface area (Å²) in [7, 11) is 0. The highest BCUT2D eigenvalue weighted by atomic mass is 16.6. The maximum atomic E-state index is 11.3. The van der Waals surface area contributed by atoms with Crippen LogP contribution in [-0.4, -0.2) is 24.6 Å². The van der Waals surface area contributed by atoms with Gasteiger partial charge < -0.3 is 9.47 Å². The second-order valence-corrected chi connectivity index (χ2v) is 3.42. The lowest BCUT2D eigenvalue weighted by Crippen LogP contribution is -2.23. The molecule has 0 N–H and O–H groups in total. The molecule has 0 radical (unpaired) electrons. The van der Waals surface area contributed by atoms with E-state index in [0.29, 0.717) is 6.42 Å². The quantitative estimate of drug-likeness (QED) is 0.384. The molecule has 1 atom stereocenters. The first-order valence-electron chi connectivity index (χ1n) is 5.50. The number of hydrogen-bond acceptors (Lipinski definition) is 5. The van der Waals surface area contributed by atoms with Crippen LogP contribution in [0.15, 0.2) is 12.2 Å². The van der Waals surface area contributed by atoms with Crippen LogP contribution in [0.3, 0.4) is 0 Å². The summed E-state index contributed by atoms with van der Waals surface area (Å²) in [6.45, 7) is 7.15. The summed E-state index contributed by atoms with van der Waals surface area (Å²) < 4.78 is 9.77. The van der Waals surface area contributed by atoms with E-state index >= 15 is 0 Å². The van der Waals surface area contributed by atoms with Gasteiger partial charge in [-0.15, -0.1) is 0 Å². The van der Waals surface area contributed by atoms with E-state index in [2.05, 4.69) is 6.58 Å². The third kappa shape index (κ3) is 6.36.